The number of nitrogens with one attached hydrogen (secondary N) is 1. The lowest BCUT2D eigenvalue weighted by Gasteiger charge is -2.06. The van der Waals surface area contributed by atoms with Gasteiger partial charge in [0, 0.05) is 11.6 Å². The van der Waals surface area contributed by atoms with Crippen LogP contribution in [0.5, 0.6) is 5.75 Å². The number of aromatic nitrogens is 4. The molecule has 0 aliphatic rings. The minimum atomic E-state index is -3.76. The lowest BCUT2D eigenvalue weighted by Crippen LogP contribution is -2.12. The Balaban J connectivity index is 1.72. The minimum Gasteiger partial charge on any atom is -0.507 e. The van der Waals surface area contributed by atoms with Crippen molar-refractivity contribution in [3.63, 3.8) is 0 Å². The number of fused-ring (bicyclic) bond motifs is 3. The molecule has 2 aromatic carbocycles. The number of benzene rings is 2. The number of rotatable bonds is 3. The molecule has 5 aromatic rings. The second kappa shape index (κ2) is 5.93. The van der Waals surface area contributed by atoms with Gasteiger partial charge < -0.3 is 10.1 Å². The molecule has 0 bridgehead atoms. The van der Waals surface area contributed by atoms with Crippen LogP contribution < -0.4 is 0 Å². The van der Waals surface area contributed by atoms with Crippen LogP contribution in [0.2, 0.25) is 0 Å². The fourth-order valence-corrected chi connectivity index (χ4v) is 4.56. The molecule has 0 amide bonds. The van der Waals surface area contributed by atoms with Gasteiger partial charge in [0.2, 0.25) is 0 Å². The molecule has 2 N–H and O–H groups in total. The second-order valence-electron chi connectivity index (χ2n) is 6.29. The van der Waals surface area contributed by atoms with E-state index in [0.717, 1.165) is 3.97 Å². The molecule has 0 spiro atoms. The fourth-order valence-electron chi connectivity index (χ4n) is 3.24. The third-order valence-corrected chi connectivity index (χ3v) is 6.28. The third kappa shape index (κ3) is 2.39. The Hall–Kier alpha value is -3.65. The third-order valence-electron chi connectivity index (χ3n) is 4.60. The number of H-pyrrole nitrogens is 1. The van der Waals surface area contributed by atoms with Gasteiger partial charge in [-0.05, 0) is 30.3 Å². The molecule has 0 aliphatic heterocycles. The van der Waals surface area contributed by atoms with Crippen LogP contribution >= 0.6 is 0 Å². The van der Waals surface area contributed by atoms with Gasteiger partial charge in [0.15, 0.2) is 5.65 Å². The summed E-state index contributed by atoms with van der Waals surface area (Å²) in [6.07, 6.45) is 3.01. The molecule has 5 rings (SSSR count). The van der Waals surface area contributed by atoms with Gasteiger partial charge in [0.1, 0.15) is 17.1 Å². The largest absolute Gasteiger partial charge is 0.507 e. The van der Waals surface area contributed by atoms with Crippen LogP contribution in [0.3, 0.4) is 0 Å². The SMILES string of the molecule is O=S(=O)(c1ccccc1)n1ccc2c3[nH]c(-c4ccccc4O)nc3cnc21. The Morgan fingerprint density at radius 2 is 1.71 bits per heavy atom. The van der Waals surface area contributed by atoms with Crippen LogP contribution in [0.4, 0.5) is 0 Å². The molecule has 0 saturated heterocycles. The van der Waals surface area contributed by atoms with Gasteiger partial charge in [-0.15, -0.1) is 0 Å². The Labute approximate surface area is 160 Å². The highest BCUT2D eigenvalue weighted by molar-refractivity contribution is 7.90. The maximum Gasteiger partial charge on any atom is 0.269 e. The molecule has 7 nitrogen and oxygen atoms in total. The predicted molar refractivity (Wildman–Crippen MR) is 106 cm³/mol. The molecule has 3 heterocycles. The quantitative estimate of drug-likeness (QED) is 0.491. The number of hydrogen-bond donors (Lipinski definition) is 2. The zero-order chi connectivity index (χ0) is 19.3. The van der Waals surface area contributed by atoms with Crippen LogP contribution in [0, 0.1) is 0 Å². The number of nitrogens with zero attached hydrogens (tertiary/aromatic N) is 3. The van der Waals surface area contributed by atoms with E-state index in [1.807, 2.05) is 0 Å². The summed E-state index contributed by atoms with van der Waals surface area (Å²) in [6, 6.07) is 16.8. The summed E-state index contributed by atoms with van der Waals surface area (Å²) < 4.78 is 27.1. The summed E-state index contributed by atoms with van der Waals surface area (Å²) in [5, 5.41) is 10.7. The van der Waals surface area contributed by atoms with Crippen molar-refractivity contribution in [3.8, 4) is 17.1 Å². The van der Waals surface area contributed by atoms with E-state index in [4.69, 9.17) is 0 Å². The average Bonchev–Trinajstić information content (AvgIpc) is 3.33. The highest BCUT2D eigenvalue weighted by Crippen LogP contribution is 2.31. The first-order valence-corrected chi connectivity index (χ1v) is 9.94. The van der Waals surface area contributed by atoms with Crippen molar-refractivity contribution < 1.29 is 13.5 Å². The molecule has 8 heteroatoms. The number of aromatic hydroxyl groups is 1. The Bertz CT molecular complexity index is 1440. The molecule has 138 valence electrons. The number of pyridine rings is 1. The van der Waals surface area contributed by atoms with E-state index in [2.05, 4.69) is 15.0 Å². The zero-order valence-electron chi connectivity index (χ0n) is 14.4. The normalized spacial score (nSPS) is 12.0. The lowest BCUT2D eigenvalue weighted by molar-refractivity contribution is 0.477. The van der Waals surface area contributed by atoms with Gasteiger partial charge in [-0.25, -0.2) is 22.4 Å². The molecule has 0 saturated carbocycles. The molecule has 0 fully saturated rings. The number of aromatic amines is 1. The Morgan fingerprint density at radius 3 is 2.50 bits per heavy atom. The standard InChI is InChI=1S/C20H14N4O3S/c25-17-9-5-4-8-14(17)19-22-16-12-21-20-15(18(16)23-19)10-11-24(20)28(26,27)13-6-2-1-3-7-13/h1-12,25H,(H,22,23). The fraction of sp³-hybridized carbons (Fsp3) is 0. The molecular weight excluding hydrogens is 376 g/mol. The monoisotopic (exact) mass is 390 g/mol. The van der Waals surface area contributed by atoms with Gasteiger partial charge in [0.05, 0.1) is 22.2 Å². The molecule has 0 radical (unpaired) electrons. The maximum absolute atomic E-state index is 13.0. The van der Waals surface area contributed by atoms with Crippen molar-refractivity contribution in [2.24, 2.45) is 0 Å². The molecule has 28 heavy (non-hydrogen) atoms. The van der Waals surface area contributed by atoms with Gasteiger partial charge in [0.25, 0.3) is 10.0 Å². The molecule has 0 atom stereocenters. The summed E-state index contributed by atoms with van der Waals surface area (Å²) in [5.41, 5.74) is 2.11. The smallest absolute Gasteiger partial charge is 0.269 e. The second-order valence-corrected chi connectivity index (χ2v) is 8.10. The van der Waals surface area contributed by atoms with E-state index in [1.54, 1.807) is 60.7 Å². The average molecular weight is 390 g/mol. The zero-order valence-corrected chi connectivity index (χ0v) is 15.3. The maximum atomic E-state index is 13.0. The Morgan fingerprint density at radius 1 is 0.964 bits per heavy atom. The van der Waals surface area contributed by atoms with E-state index in [1.165, 1.54) is 12.4 Å². The number of phenols is 1. The highest BCUT2D eigenvalue weighted by Gasteiger charge is 2.21. The van der Waals surface area contributed by atoms with Crippen molar-refractivity contribution in [2.45, 2.75) is 4.90 Å². The van der Waals surface area contributed by atoms with E-state index in [9.17, 15) is 13.5 Å². The predicted octanol–water partition coefficient (Wildman–Crippen LogP) is 3.52. The lowest BCUT2D eigenvalue weighted by atomic mass is 10.2. The van der Waals surface area contributed by atoms with Crippen LogP contribution in [0.15, 0.2) is 78.0 Å². The van der Waals surface area contributed by atoms with Gasteiger partial charge in [-0.2, -0.15) is 0 Å². The van der Waals surface area contributed by atoms with Crippen molar-refractivity contribution in [3.05, 3.63) is 73.1 Å². The van der Waals surface area contributed by atoms with Gasteiger partial charge in [-0.1, -0.05) is 30.3 Å². The van der Waals surface area contributed by atoms with E-state index < -0.39 is 10.0 Å². The first kappa shape index (κ1) is 16.5. The number of phenolic OH excluding ortho intramolecular Hbond substituents is 1. The van der Waals surface area contributed by atoms with E-state index in [0.29, 0.717) is 33.5 Å². The molecule has 0 unspecified atom stereocenters. The first-order valence-electron chi connectivity index (χ1n) is 8.50. The molecule has 3 aromatic heterocycles. The van der Waals surface area contributed by atoms with E-state index in [-0.39, 0.29) is 10.6 Å². The highest BCUT2D eigenvalue weighted by atomic mass is 32.2. The minimum absolute atomic E-state index is 0.106. The van der Waals surface area contributed by atoms with Gasteiger partial charge in [-0.3, -0.25) is 0 Å². The molecule has 0 aliphatic carbocycles. The summed E-state index contributed by atoms with van der Waals surface area (Å²) >= 11 is 0. The van der Waals surface area contributed by atoms with Crippen LogP contribution in [-0.4, -0.2) is 32.4 Å². The number of para-hydroxylation sites is 1. The summed E-state index contributed by atoms with van der Waals surface area (Å²) in [4.78, 5) is 12.2. The van der Waals surface area contributed by atoms with Gasteiger partial charge >= 0.3 is 0 Å². The van der Waals surface area contributed by atoms with Crippen molar-refractivity contribution in [1.29, 1.82) is 0 Å². The number of imidazole rings is 1. The number of hydrogen-bond acceptors (Lipinski definition) is 5. The first-order chi connectivity index (χ1) is 13.6. The van der Waals surface area contributed by atoms with Crippen molar-refractivity contribution in [2.75, 3.05) is 0 Å². The summed E-state index contributed by atoms with van der Waals surface area (Å²) in [6.45, 7) is 0. The Kier molecular flexibility index (Phi) is 3.50. The summed E-state index contributed by atoms with van der Waals surface area (Å²) in [5.74, 6) is 0.594. The van der Waals surface area contributed by atoms with E-state index >= 15 is 0 Å². The van der Waals surface area contributed by atoms with Crippen LogP contribution in [-0.2, 0) is 10.0 Å². The van der Waals surface area contributed by atoms with Crippen LogP contribution in [0.1, 0.15) is 0 Å². The van der Waals surface area contributed by atoms with Crippen molar-refractivity contribution >= 4 is 32.1 Å². The van der Waals surface area contributed by atoms with Crippen molar-refractivity contribution in [1.82, 2.24) is 18.9 Å². The van der Waals surface area contributed by atoms with Crippen LogP contribution in [0.25, 0.3) is 33.5 Å². The topological polar surface area (TPSA) is 101 Å². The summed E-state index contributed by atoms with van der Waals surface area (Å²) in [7, 11) is -3.76. The molecular formula is C20H14N4O3S.